The Morgan fingerprint density at radius 3 is 1.50 bits per heavy atom. The van der Waals surface area contributed by atoms with Crippen LogP contribution in [0.5, 0.6) is 0 Å². The summed E-state index contributed by atoms with van der Waals surface area (Å²) in [5, 5.41) is 0. The van der Waals surface area contributed by atoms with Crippen LogP contribution < -0.4 is 0 Å². The van der Waals surface area contributed by atoms with Gasteiger partial charge in [0, 0.05) is 26.2 Å². The van der Waals surface area contributed by atoms with Crippen LogP contribution in [0.3, 0.4) is 0 Å². The number of rotatable bonds is 0. The van der Waals surface area contributed by atoms with E-state index in [0.29, 0.717) is 10.1 Å². The maximum atomic E-state index is 8.28. The molecule has 20 valence electrons. The molecule has 0 N–H and O–H groups in total. The molecule has 0 rings (SSSR count). The number of hydrogen-bond donors (Lipinski definition) is 0. The van der Waals surface area contributed by atoms with E-state index in [2.05, 4.69) is 0 Å². The fraction of sp³-hybridized carbons (Fsp3) is 0. The molecule has 0 aromatic heterocycles. The summed E-state index contributed by atoms with van der Waals surface area (Å²) in [6.45, 7) is 0. The first-order chi connectivity index (χ1) is 1.00. The summed E-state index contributed by atoms with van der Waals surface area (Å²) in [6.07, 6.45) is 0. The van der Waals surface area contributed by atoms with Crippen LogP contribution in [-0.2, 0) is 30.7 Å². The van der Waals surface area contributed by atoms with Crippen LogP contribution >= 0.6 is 0 Å². The van der Waals surface area contributed by atoms with Crippen molar-refractivity contribution in [2.45, 2.75) is 0 Å². The van der Waals surface area contributed by atoms with Gasteiger partial charge in [0.15, 0.2) is 0 Å². The molecule has 0 spiro atoms. The molecular weight excluding hydrogens is 223 g/mol. The van der Waals surface area contributed by atoms with Crippen LogP contribution in [0.1, 0.15) is 2.85 Å². The minimum absolute atomic E-state index is 0. The second-order valence-electron chi connectivity index (χ2n) is 0. The fourth-order valence-corrected chi connectivity index (χ4v) is 0. The average Bonchev–Trinajstić information content (AvgIpc) is 1.00. The largest absolute Gasteiger partial charge is 2.00 e. The van der Waals surface area contributed by atoms with Gasteiger partial charge in [0.05, 0.1) is 0 Å². The smallest absolute Gasteiger partial charge is 1.00 e. The molecule has 0 saturated heterocycles. The Bertz CT molecular complexity index is 13.5. The van der Waals surface area contributed by atoms with Crippen molar-refractivity contribution in [2.24, 2.45) is 0 Å². The van der Waals surface area contributed by atoms with Gasteiger partial charge >= 0.3 is 45.5 Å². The first kappa shape index (κ1) is 16.2. The molecular formula is H4OSiSrZr. The Hall–Kier alpha value is 2.38. The minimum atomic E-state index is 0. The van der Waals surface area contributed by atoms with Gasteiger partial charge in [0.2, 0.25) is 10.1 Å². The summed E-state index contributed by atoms with van der Waals surface area (Å²) in [4.78, 5) is 0. The quantitative estimate of drug-likeness (QED) is 0.475. The topological polar surface area (TPSA) is 17.1 Å². The van der Waals surface area contributed by atoms with Crippen LogP contribution in [0.25, 0.3) is 0 Å². The summed E-state index contributed by atoms with van der Waals surface area (Å²) >= 11 is 0. The summed E-state index contributed by atoms with van der Waals surface area (Å²) in [6, 6.07) is 0. The fourth-order valence-electron chi connectivity index (χ4n) is 0. The Morgan fingerprint density at radius 1 is 1.50 bits per heavy atom. The van der Waals surface area contributed by atoms with Gasteiger partial charge in [-0.3, -0.25) is 0 Å². The molecule has 0 aliphatic carbocycles. The van der Waals surface area contributed by atoms with E-state index in [1.165, 1.54) is 0 Å². The summed E-state index contributed by atoms with van der Waals surface area (Å²) in [5.74, 6) is 0. The standard InChI is InChI=1S/H2OSi.Sr.Zr.2H/c1-2;;;;/h2H2;;;;/q;+2;;2*-1. The van der Waals surface area contributed by atoms with Crippen LogP contribution in [0.2, 0.25) is 0 Å². The van der Waals surface area contributed by atoms with Crippen LogP contribution in [-0.4, -0.2) is 55.6 Å². The molecule has 0 atom stereocenters. The molecule has 4 heteroatoms. The average molecular weight is 227 g/mol. The zero-order valence-electron chi connectivity index (χ0n) is 4.32. The van der Waals surface area contributed by atoms with E-state index in [0.717, 1.165) is 0 Å². The first-order valence-corrected chi connectivity index (χ1v) is 0.866. The van der Waals surface area contributed by atoms with Gasteiger partial charge in [0.25, 0.3) is 0 Å². The van der Waals surface area contributed by atoms with E-state index in [9.17, 15) is 0 Å². The molecule has 4 heavy (non-hydrogen) atoms. The molecule has 0 aliphatic heterocycles. The maximum Gasteiger partial charge on any atom is 2.00 e. The third-order valence-electron chi connectivity index (χ3n) is 0. The Balaban J connectivity index is -0.000000000833. The molecule has 0 aromatic rings. The molecule has 1 nitrogen and oxygen atoms in total. The van der Waals surface area contributed by atoms with E-state index in [1.54, 1.807) is 0 Å². The molecule has 0 radical (unpaired) electrons. The van der Waals surface area contributed by atoms with E-state index in [4.69, 9.17) is 4.46 Å². The zero-order valence-corrected chi connectivity index (χ0v) is 9.67. The van der Waals surface area contributed by atoms with Crippen molar-refractivity contribution >= 4 is 55.6 Å². The molecule has 0 aromatic carbocycles. The van der Waals surface area contributed by atoms with E-state index in [1.807, 2.05) is 0 Å². The second kappa shape index (κ2) is 18.2. The Morgan fingerprint density at radius 2 is 1.50 bits per heavy atom. The summed E-state index contributed by atoms with van der Waals surface area (Å²) in [5.41, 5.74) is 0. The predicted octanol–water partition coefficient (Wildman–Crippen LogP) is -1.19. The third-order valence-corrected chi connectivity index (χ3v) is 0. The van der Waals surface area contributed by atoms with Crippen molar-refractivity contribution in [1.82, 2.24) is 0 Å². The van der Waals surface area contributed by atoms with Gasteiger partial charge in [-0.05, 0) is 0 Å². The normalized spacial score (nSPS) is 1.00. The van der Waals surface area contributed by atoms with Gasteiger partial charge in [-0.1, -0.05) is 0 Å². The summed E-state index contributed by atoms with van der Waals surface area (Å²) in [7, 11) is 0.611. The summed E-state index contributed by atoms with van der Waals surface area (Å²) < 4.78 is 8.28. The first-order valence-electron chi connectivity index (χ1n) is 0.289. The van der Waals surface area contributed by atoms with Crippen molar-refractivity contribution in [3.05, 3.63) is 0 Å². The molecule has 0 unspecified atom stereocenters. The van der Waals surface area contributed by atoms with Gasteiger partial charge in [0.1, 0.15) is 0 Å². The molecule has 0 amide bonds. The van der Waals surface area contributed by atoms with E-state index in [-0.39, 0.29) is 74.5 Å². The van der Waals surface area contributed by atoms with Crippen molar-refractivity contribution in [3.8, 4) is 0 Å². The van der Waals surface area contributed by atoms with Crippen molar-refractivity contribution in [1.29, 1.82) is 0 Å². The molecule has 0 bridgehead atoms. The third kappa shape index (κ3) is 8.83. The van der Waals surface area contributed by atoms with Crippen molar-refractivity contribution in [3.63, 3.8) is 0 Å². The van der Waals surface area contributed by atoms with Gasteiger partial charge in [-0.15, -0.1) is 0 Å². The zero-order chi connectivity index (χ0) is 2.00. The molecule has 0 aliphatic rings. The van der Waals surface area contributed by atoms with Crippen LogP contribution in [0, 0.1) is 0 Å². The van der Waals surface area contributed by atoms with Crippen LogP contribution in [0.15, 0.2) is 0 Å². The van der Waals surface area contributed by atoms with E-state index >= 15 is 0 Å². The number of hydrogen-bond acceptors (Lipinski definition) is 1. The predicted molar refractivity (Wildman–Crippen MR) is 17.2 cm³/mol. The van der Waals surface area contributed by atoms with Gasteiger partial charge < -0.3 is 7.32 Å². The van der Waals surface area contributed by atoms with Crippen LogP contribution in [0.4, 0.5) is 0 Å². The van der Waals surface area contributed by atoms with Gasteiger partial charge in [-0.25, -0.2) is 0 Å². The molecule has 0 heterocycles. The minimum Gasteiger partial charge on any atom is -1.00 e. The monoisotopic (exact) mass is 226 g/mol. The second-order valence-corrected chi connectivity index (χ2v) is 0. The maximum absolute atomic E-state index is 8.28. The Kier molecular flexibility index (Phi) is 73.6. The van der Waals surface area contributed by atoms with Gasteiger partial charge in [-0.2, -0.15) is 0 Å². The SMILES string of the molecule is O=[SiH2].[H-].[H-].[Sr+2].[Zr]. The Labute approximate surface area is 87.4 Å². The van der Waals surface area contributed by atoms with E-state index < -0.39 is 0 Å². The van der Waals surface area contributed by atoms with Crippen molar-refractivity contribution < 1.29 is 33.5 Å². The molecule has 0 saturated carbocycles. The molecule has 0 fully saturated rings. The van der Waals surface area contributed by atoms with Crippen molar-refractivity contribution in [2.75, 3.05) is 0 Å².